The van der Waals surface area contributed by atoms with Crippen molar-refractivity contribution in [1.82, 2.24) is 10.3 Å². The van der Waals surface area contributed by atoms with Crippen molar-refractivity contribution in [3.8, 4) is 6.07 Å². The van der Waals surface area contributed by atoms with Gasteiger partial charge in [0.2, 0.25) is 0 Å². The molecule has 3 nitrogen and oxygen atoms in total. The molecule has 1 aromatic rings. The van der Waals surface area contributed by atoms with Gasteiger partial charge in [-0.15, -0.1) is 11.3 Å². The Morgan fingerprint density at radius 1 is 1.71 bits per heavy atom. The highest BCUT2D eigenvalue weighted by molar-refractivity contribution is 7.11. The van der Waals surface area contributed by atoms with Crippen LogP contribution in [0.4, 0.5) is 0 Å². The summed E-state index contributed by atoms with van der Waals surface area (Å²) in [5.74, 6) is 0. The van der Waals surface area contributed by atoms with Gasteiger partial charge >= 0.3 is 0 Å². The number of nitrogens with zero attached hydrogens (tertiary/aromatic N) is 2. The van der Waals surface area contributed by atoms with E-state index >= 15 is 0 Å². The van der Waals surface area contributed by atoms with Gasteiger partial charge in [0.05, 0.1) is 17.5 Å². The predicted octanol–water partition coefficient (Wildman–Crippen LogP) is 2.23. The Morgan fingerprint density at radius 3 is 3.00 bits per heavy atom. The molecular formula is C10H15N3S. The van der Waals surface area contributed by atoms with Crippen LogP contribution in [-0.2, 0) is 6.54 Å². The number of nitriles is 1. The van der Waals surface area contributed by atoms with Gasteiger partial charge in [-0.25, -0.2) is 4.98 Å². The lowest BCUT2D eigenvalue weighted by atomic mass is 10.2. The fourth-order valence-corrected chi connectivity index (χ4v) is 1.95. The number of aromatic nitrogens is 1. The molecular weight excluding hydrogens is 194 g/mol. The van der Waals surface area contributed by atoms with E-state index < -0.39 is 0 Å². The third kappa shape index (κ3) is 3.44. The minimum absolute atomic E-state index is 0.308. The number of nitrogens with one attached hydrogen (secondary N) is 1. The zero-order valence-electron chi connectivity index (χ0n) is 8.58. The Bertz CT molecular complexity index is 313. The smallest absolute Gasteiger partial charge is 0.0897 e. The summed E-state index contributed by atoms with van der Waals surface area (Å²) in [7, 11) is 0. The summed E-state index contributed by atoms with van der Waals surface area (Å²) in [6, 6.07) is 2.49. The van der Waals surface area contributed by atoms with Crippen molar-refractivity contribution < 1.29 is 0 Å². The van der Waals surface area contributed by atoms with Crippen LogP contribution in [0.5, 0.6) is 0 Å². The van der Waals surface area contributed by atoms with Gasteiger partial charge in [-0.2, -0.15) is 5.26 Å². The van der Waals surface area contributed by atoms with Crippen molar-refractivity contribution in [1.29, 1.82) is 5.26 Å². The molecule has 0 fully saturated rings. The van der Waals surface area contributed by atoms with Crippen molar-refractivity contribution in [3.05, 3.63) is 16.1 Å². The van der Waals surface area contributed by atoms with E-state index in [-0.39, 0.29) is 0 Å². The normalized spacial score (nSPS) is 12.4. The van der Waals surface area contributed by atoms with Crippen molar-refractivity contribution in [2.24, 2.45) is 0 Å². The molecule has 14 heavy (non-hydrogen) atoms. The Balaban J connectivity index is 2.36. The number of aryl methyl sites for hydroxylation is 1. The maximum absolute atomic E-state index is 8.57. The molecule has 1 N–H and O–H groups in total. The van der Waals surface area contributed by atoms with Crippen LogP contribution >= 0.6 is 11.3 Å². The van der Waals surface area contributed by atoms with E-state index in [0.29, 0.717) is 12.5 Å². The molecule has 0 bridgehead atoms. The molecule has 0 aliphatic heterocycles. The molecule has 4 heteroatoms. The topological polar surface area (TPSA) is 48.7 Å². The lowest BCUT2D eigenvalue weighted by Crippen LogP contribution is -2.26. The van der Waals surface area contributed by atoms with Gasteiger partial charge in [0.15, 0.2) is 0 Å². The third-order valence-corrected chi connectivity index (χ3v) is 2.98. The summed E-state index contributed by atoms with van der Waals surface area (Å²) in [4.78, 5) is 5.41. The summed E-state index contributed by atoms with van der Waals surface area (Å²) in [5, 5.41) is 13.0. The highest BCUT2D eigenvalue weighted by Gasteiger charge is 2.05. The molecule has 0 aromatic carbocycles. The molecule has 76 valence electrons. The first-order valence-corrected chi connectivity index (χ1v) is 5.59. The van der Waals surface area contributed by atoms with Gasteiger partial charge < -0.3 is 5.32 Å². The van der Waals surface area contributed by atoms with Gasteiger partial charge in [0, 0.05) is 23.7 Å². The van der Waals surface area contributed by atoms with Gasteiger partial charge in [-0.05, 0) is 13.3 Å². The molecule has 1 atom stereocenters. The summed E-state index contributed by atoms with van der Waals surface area (Å²) >= 11 is 1.70. The van der Waals surface area contributed by atoms with Crippen LogP contribution in [0.15, 0.2) is 6.20 Å². The van der Waals surface area contributed by atoms with Crippen LogP contribution in [0.1, 0.15) is 29.7 Å². The van der Waals surface area contributed by atoms with Gasteiger partial charge in [0.1, 0.15) is 0 Å². The van der Waals surface area contributed by atoms with E-state index in [1.54, 1.807) is 11.3 Å². The number of hydrogen-bond donors (Lipinski definition) is 1. The molecule has 0 radical (unpaired) electrons. The van der Waals surface area contributed by atoms with E-state index in [4.69, 9.17) is 5.26 Å². The van der Waals surface area contributed by atoms with E-state index in [1.807, 2.05) is 13.1 Å². The summed E-state index contributed by atoms with van der Waals surface area (Å²) in [5.41, 5.74) is 0. The first kappa shape index (κ1) is 11.2. The summed E-state index contributed by atoms with van der Waals surface area (Å²) in [6.07, 6.45) is 3.46. The number of rotatable bonds is 5. The minimum Gasteiger partial charge on any atom is -0.308 e. The first-order valence-electron chi connectivity index (χ1n) is 4.78. The van der Waals surface area contributed by atoms with Crippen LogP contribution in [-0.4, -0.2) is 11.0 Å². The Kier molecular flexibility index (Phi) is 4.57. The first-order chi connectivity index (χ1) is 6.76. The molecule has 0 aliphatic carbocycles. The quantitative estimate of drug-likeness (QED) is 0.809. The van der Waals surface area contributed by atoms with E-state index in [9.17, 15) is 0 Å². The highest BCUT2D eigenvalue weighted by atomic mass is 32.1. The maximum atomic E-state index is 8.57. The zero-order valence-corrected chi connectivity index (χ0v) is 9.40. The lowest BCUT2D eigenvalue weighted by Gasteiger charge is -2.11. The van der Waals surface area contributed by atoms with Crippen molar-refractivity contribution in [2.45, 2.75) is 39.3 Å². The molecule has 0 saturated carbocycles. The SMILES string of the molecule is CCC(CC#N)NCc1cnc(C)s1. The van der Waals surface area contributed by atoms with E-state index in [1.165, 1.54) is 4.88 Å². The van der Waals surface area contributed by atoms with Crippen molar-refractivity contribution >= 4 is 11.3 Å². The molecule has 1 aromatic heterocycles. The van der Waals surface area contributed by atoms with Crippen LogP contribution < -0.4 is 5.32 Å². The van der Waals surface area contributed by atoms with Gasteiger partial charge in [-0.3, -0.25) is 0 Å². The lowest BCUT2D eigenvalue weighted by molar-refractivity contribution is 0.507. The van der Waals surface area contributed by atoms with Crippen LogP contribution in [0, 0.1) is 18.3 Å². The fourth-order valence-electron chi connectivity index (χ4n) is 1.20. The molecule has 0 saturated heterocycles. The van der Waals surface area contributed by atoms with Crippen molar-refractivity contribution in [2.75, 3.05) is 0 Å². The highest BCUT2D eigenvalue weighted by Crippen LogP contribution is 2.11. The fraction of sp³-hybridized carbons (Fsp3) is 0.600. The third-order valence-electron chi connectivity index (χ3n) is 2.06. The molecule has 1 heterocycles. The second-order valence-corrected chi connectivity index (χ2v) is 4.51. The maximum Gasteiger partial charge on any atom is 0.0897 e. The summed E-state index contributed by atoms with van der Waals surface area (Å²) in [6.45, 7) is 4.92. The second kappa shape index (κ2) is 5.74. The molecule has 0 aliphatic rings. The zero-order chi connectivity index (χ0) is 10.4. The van der Waals surface area contributed by atoms with Gasteiger partial charge in [0.25, 0.3) is 0 Å². The van der Waals surface area contributed by atoms with Crippen LogP contribution in [0.2, 0.25) is 0 Å². The average Bonchev–Trinajstić information content (AvgIpc) is 2.59. The Labute approximate surface area is 88.8 Å². The molecule has 0 amide bonds. The van der Waals surface area contributed by atoms with Crippen molar-refractivity contribution in [3.63, 3.8) is 0 Å². The van der Waals surface area contributed by atoms with E-state index in [2.05, 4.69) is 23.3 Å². The van der Waals surface area contributed by atoms with Crippen LogP contribution in [0.3, 0.4) is 0 Å². The predicted molar refractivity (Wildman–Crippen MR) is 58.0 cm³/mol. The molecule has 0 spiro atoms. The molecule has 1 rings (SSSR count). The number of hydrogen-bond acceptors (Lipinski definition) is 4. The van der Waals surface area contributed by atoms with Gasteiger partial charge in [-0.1, -0.05) is 6.92 Å². The molecule has 1 unspecified atom stereocenters. The Hall–Kier alpha value is -0.920. The monoisotopic (exact) mass is 209 g/mol. The largest absolute Gasteiger partial charge is 0.308 e. The van der Waals surface area contributed by atoms with Crippen LogP contribution in [0.25, 0.3) is 0 Å². The average molecular weight is 209 g/mol. The standard InChI is InChI=1S/C10H15N3S/c1-3-9(4-5-11)13-7-10-6-12-8(2)14-10/h6,9,13H,3-4,7H2,1-2H3. The number of thiazole rings is 1. The van der Waals surface area contributed by atoms with E-state index in [0.717, 1.165) is 18.0 Å². The minimum atomic E-state index is 0.308. The second-order valence-electron chi connectivity index (χ2n) is 3.19. The summed E-state index contributed by atoms with van der Waals surface area (Å²) < 4.78 is 0. The Morgan fingerprint density at radius 2 is 2.50 bits per heavy atom.